The van der Waals surface area contributed by atoms with Gasteiger partial charge in [0.2, 0.25) is 0 Å². The Labute approximate surface area is 207 Å². The molecule has 0 saturated heterocycles. The quantitative estimate of drug-likeness (QED) is 0.206. The fourth-order valence-corrected chi connectivity index (χ4v) is 4.14. The highest BCUT2D eigenvalue weighted by atomic mass is 35.5. The van der Waals surface area contributed by atoms with Crippen LogP contribution in [0.25, 0.3) is 17.2 Å². The van der Waals surface area contributed by atoms with Crippen molar-refractivity contribution >= 4 is 45.9 Å². The Morgan fingerprint density at radius 3 is 2.44 bits per heavy atom. The lowest BCUT2D eigenvalue weighted by Crippen LogP contribution is -2.16. The second kappa shape index (κ2) is 12.0. The summed E-state index contributed by atoms with van der Waals surface area (Å²) in [6.45, 7) is 4.53. The molecule has 1 heterocycles. The minimum atomic E-state index is -0.621. The standard InChI is InChI=1S/C26H23ClN2O4S/c1-3-13-33-21-11-5-17(6-12-21)14-19(15-28)24(30)29-25-23(26(31)32-4-2)22(16-34-25)18-7-9-20(27)10-8-18/h5-12,14,16H,3-4,13H2,1-2H3,(H,29,30). The Kier molecular flexibility index (Phi) is 8.86. The van der Waals surface area contributed by atoms with Gasteiger partial charge >= 0.3 is 5.97 Å². The van der Waals surface area contributed by atoms with Crippen LogP contribution in [0.4, 0.5) is 5.00 Å². The molecule has 0 atom stereocenters. The van der Waals surface area contributed by atoms with Gasteiger partial charge in [-0.05, 0) is 54.8 Å². The number of halogens is 1. The minimum absolute atomic E-state index is 0.0986. The van der Waals surface area contributed by atoms with E-state index < -0.39 is 11.9 Å². The van der Waals surface area contributed by atoms with Gasteiger partial charge in [0, 0.05) is 16.0 Å². The second-order valence-corrected chi connectivity index (χ2v) is 8.44. The van der Waals surface area contributed by atoms with Crippen molar-refractivity contribution in [1.82, 2.24) is 0 Å². The van der Waals surface area contributed by atoms with Crippen LogP contribution in [0, 0.1) is 11.3 Å². The predicted molar refractivity (Wildman–Crippen MR) is 135 cm³/mol. The summed E-state index contributed by atoms with van der Waals surface area (Å²) in [5.74, 6) is -0.465. The van der Waals surface area contributed by atoms with Gasteiger partial charge in [0.1, 0.15) is 28.0 Å². The van der Waals surface area contributed by atoms with Crippen molar-refractivity contribution in [3.05, 3.63) is 75.6 Å². The number of carbonyl (C=O) groups is 2. The summed E-state index contributed by atoms with van der Waals surface area (Å²) in [7, 11) is 0. The number of rotatable bonds is 9. The van der Waals surface area contributed by atoms with Crippen LogP contribution in [0.1, 0.15) is 36.2 Å². The van der Waals surface area contributed by atoms with E-state index in [4.69, 9.17) is 21.1 Å². The predicted octanol–water partition coefficient (Wildman–Crippen LogP) is 6.58. The smallest absolute Gasteiger partial charge is 0.341 e. The number of ether oxygens (including phenoxy) is 2. The van der Waals surface area contributed by atoms with Gasteiger partial charge in [0.25, 0.3) is 5.91 Å². The van der Waals surface area contributed by atoms with Crippen LogP contribution in [0.3, 0.4) is 0 Å². The van der Waals surface area contributed by atoms with Crippen molar-refractivity contribution in [2.75, 3.05) is 18.5 Å². The Hall–Kier alpha value is -3.60. The number of nitrogens with one attached hydrogen (secondary N) is 1. The number of hydrogen-bond acceptors (Lipinski definition) is 6. The largest absolute Gasteiger partial charge is 0.494 e. The number of nitriles is 1. The average molecular weight is 495 g/mol. The number of thiophene rings is 1. The number of hydrogen-bond donors (Lipinski definition) is 1. The van der Waals surface area contributed by atoms with Crippen molar-refractivity contribution in [2.24, 2.45) is 0 Å². The number of benzene rings is 2. The molecule has 1 aromatic heterocycles. The lowest BCUT2D eigenvalue weighted by atomic mass is 10.0. The van der Waals surface area contributed by atoms with Gasteiger partial charge in [-0.2, -0.15) is 5.26 Å². The molecule has 0 fully saturated rings. The van der Waals surface area contributed by atoms with Crippen LogP contribution in [0.15, 0.2) is 59.5 Å². The molecule has 0 saturated carbocycles. The van der Waals surface area contributed by atoms with E-state index in [9.17, 15) is 14.9 Å². The summed E-state index contributed by atoms with van der Waals surface area (Å²) >= 11 is 7.17. The van der Waals surface area contributed by atoms with Gasteiger partial charge in [-0.1, -0.05) is 42.8 Å². The molecule has 0 bridgehead atoms. The molecule has 0 aliphatic rings. The maximum absolute atomic E-state index is 12.9. The van der Waals surface area contributed by atoms with Crippen molar-refractivity contribution in [2.45, 2.75) is 20.3 Å². The van der Waals surface area contributed by atoms with Crippen LogP contribution in [0.5, 0.6) is 5.75 Å². The zero-order valence-electron chi connectivity index (χ0n) is 18.8. The third kappa shape index (κ3) is 6.25. The Morgan fingerprint density at radius 1 is 1.12 bits per heavy atom. The average Bonchev–Trinajstić information content (AvgIpc) is 3.26. The Morgan fingerprint density at radius 2 is 1.82 bits per heavy atom. The van der Waals surface area contributed by atoms with E-state index in [1.54, 1.807) is 60.8 Å². The maximum Gasteiger partial charge on any atom is 0.341 e. The molecule has 0 unspecified atom stereocenters. The summed E-state index contributed by atoms with van der Waals surface area (Å²) in [6.07, 6.45) is 2.38. The first kappa shape index (κ1) is 25.0. The molecule has 34 heavy (non-hydrogen) atoms. The van der Waals surface area contributed by atoms with E-state index in [-0.39, 0.29) is 17.7 Å². The summed E-state index contributed by atoms with van der Waals surface area (Å²) in [5, 5.41) is 14.9. The summed E-state index contributed by atoms with van der Waals surface area (Å²) in [4.78, 5) is 25.6. The highest BCUT2D eigenvalue weighted by Gasteiger charge is 2.23. The molecular formula is C26H23ClN2O4S. The van der Waals surface area contributed by atoms with Crippen LogP contribution in [-0.2, 0) is 9.53 Å². The van der Waals surface area contributed by atoms with Crippen molar-refractivity contribution in [3.63, 3.8) is 0 Å². The molecule has 174 valence electrons. The highest BCUT2D eigenvalue weighted by molar-refractivity contribution is 7.15. The monoisotopic (exact) mass is 494 g/mol. The van der Waals surface area contributed by atoms with Gasteiger partial charge in [0.05, 0.1) is 13.2 Å². The lowest BCUT2D eigenvalue weighted by molar-refractivity contribution is -0.112. The summed E-state index contributed by atoms with van der Waals surface area (Å²) < 4.78 is 10.8. The normalized spacial score (nSPS) is 10.9. The van der Waals surface area contributed by atoms with Crippen molar-refractivity contribution in [1.29, 1.82) is 5.26 Å². The van der Waals surface area contributed by atoms with Crippen molar-refractivity contribution < 1.29 is 19.1 Å². The number of esters is 1. The van der Waals surface area contributed by atoms with Gasteiger partial charge in [-0.3, -0.25) is 4.79 Å². The van der Waals surface area contributed by atoms with Crippen LogP contribution in [-0.4, -0.2) is 25.1 Å². The molecule has 2 aromatic carbocycles. The Balaban J connectivity index is 1.87. The van der Waals surface area contributed by atoms with Gasteiger partial charge in [0.15, 0.2) is 0 Å². The maximum atomic E-state index is 12.9. The molecule has 0 aliphatic heterocycles. The fraction of sp³-hybridized carbons (Fsp3) is 0.192. The van der Waals surface area contributed by atoms with Gasteiger partial charge in [-0.25, -0.2) is 4.79 Å². The number of anilines is 1. The van der Waals surface area contributed by atoms with Gasteiger partial charge in [-0.15, -0.1) is 11.3 Å². The molecule has 3 rings (SSSR count). The third-order valence-electron chi connectivity index (χ3n) is 4.68. The first-order valence-electron chi connectivity index (χ1n) is 10.7. The first-order chi connectivity index (χ1) is 16.5. The van der Waals surface area contributed by atoms with E-state index >= 15 is 0 Å². The fourth-order valence-electron chi connectivity index (χ4n) is 3.06. The van der Waals surface area contributed by atoms with Crippen LogP contribution >= 0.6 is 22.9 Å². The van der Waals surface area contributed by atoms with E-state index in [1.807, 2.05) is 13.0 Å². The molecule has 3 aromatic rings. The summed E-state index contributed by atoms with van der Waals surface area (Å²) in [6, 6.07) is 16.0. The van der Waals surface area contributed by atoms with E-state index in [2.05, 4.69) is 5.32 Å². The first-order valence-corrected chi connectivity index (χ1v) is 11.9. The Bertz CT molecular complexity index is 1230. The second-order valence-electron chi connectivity index (χ2n) is 7.12. The lowest BCUT2D eigenvalue weighted by Gasteiger charge is -2.09. The van der Waals surface area contributed by atoms with E-state index in [1.165, 1.54) is 17.4 Å². The zero-order valence-corrected chi connectivity index (χ0v) is 20.3. The van der Waals surface area contributed by atoms with E-state index in [0.29, 0.717) is 33.5 Å². The SMILES string of the molecule is CCCOc1ccc(C=C(C#N)C(=O)Nc2scc(-c3ccc(Cl)cc3)c2C(=O)OCC)cc1. The molecule has 0 spiro atoms. The topological polar surface area (TPSA) is 88.4 Å². The number of nitrogens with zero attached hydrogens (tertiary/aromatic N) is 1. The molecule has 1 amide bonds. The van der Waals surface area contributed by atoms with Crippen LogP contribution in [0.2, 0.25) is 5.02 Å². The zero-order chi connectivity index (χ0) is 24.5. The molecule has 6 nitrogen and oxygen atoms in total. The van der Waals surface area contributed by atoms with Gasteiger partial charge < -0.3 is 14.8 Å². The third-order valence-corrected chi connectivity index (χ3v) is 5.83. The van der Waals surface area contributed by atoms with Crippen molar-refractivity contribution in [3.8, 4) is 22.9 Å². The molecule has 1 N–H and O–H groups in total. The molecule has 8 heteroatoms. The molecule has 0 aliphatic carbocycles. The highest BCUT2D eigenvalue weighted by Crippen LogP contribution is 2.37. The number of amides is 1. The summed E-state index contributed by atoms with van der Waals surface area (Å²) in [5.41, 5.74) is 2.18. The van der Waals surface area contributed by atoms with E-state index in [0.717, 1.165) is 12.0 Å². The van der Waals surface area contributed by atoms with Crippen LogP contribution < -0.4 is 10.1 Å². The molecular weight excluding hydrogens is 472 g/mol. The number of carbonyl (C=O) groups excluding carboxylic acids is 2. The molecule has 0 radical (unpaired) electrons. The minimum Gasteiger partial charge on any atom is -0.494 e.